The highest BCUT2D eigenvalue weighted by molar-refractivity contribution is 7.92. The number of nitrogens with zero attached hydrogens (tertiary/aromatic N) is 2. The first-order chi connectivity index (χ1) is 11.8. The largest absolute Gasteiger partial charge is 0.330 e. The van der Waals surface area contributed by atoms with Gasteiger partial charge in [-0.2, -0.15) is 0 Å². The maximum atomic E-state index is 11.3. The van der Waals surface area contributed by atoms with Crippen LogP contribution in [0.3, 0.4) is 0 Å². The molecule has 0 aliphatic carbocycles. The lowest BCUT2D eigenvalue weighted by Gasteiger charge is -2.05. The molecular weight excluding hydrogens is 380 g/mol. The lowest BCUT2D eigenvalue weighted by atomic mass is 10.1. The summed E-state index contributed by atoms with van der Waals surface area (Å²) >= 11 is 7.31. The second-order valence-corrected chi connectivity index (χ2v) is 8.71. The van der Waals surface area contributed by atoms with E-state index in [1.807, 2.05) is 25.1 Å². The highest BCUT2D eigenvalue weighted by Crippen LogP contribution is 2.32. The maximum absolute atomic E-state index is 11.3. The molecule has 25 heavy (non-hydrogen) atoms. The third-order valence-electron chi connectivity index (χ3n) is 3.24. The first-order valence-electron chi connectivity index (χ1n) is 7.24. The Bertz CT molecular complexity index is 984. The van der Waals surface area contributed by atoms with Gasteiger partial charge in [0.1, 0.15) is 5.15 Å². The number of anilines is 3. The minimum absolute atomic E-state index is 0.435. The average Bonchev–Trinajstić information content (AvgIpc) is 2.89. The van der Waals surface area contributed by atoms with Crippen molar-refractivity contribution in [2.24, 2.45) is 0 Å². The molecular formula is C16H15ClN4O2S2. The predicted molar refractivity (Wildman–Crippen MR) is 103 cm³/mol. The van der Waals surface area contributed by atoms with Crippen molar-refractivity contribution in [1.82, 2.24) is 9.97 Å². The van der Waals surface area contributed by atoms with Crippen molar-refractivity contribution in [1.29, 1.82) is 0 Å². The second-order valence-electron chi connectivity index (χ2n) is 5.37. The molecule has 2 aromatic heterocycles. The van der Waals surface area contributed by atoms with Crippen LogP contribution in [-0.4, -0.2) is 24.6 Å². The third kappa shape index (κ3) is 4.68. The van der Waals surface area contributed by atoms with Gasteiger partial charge in [0.05, 0.1) is 23.8 Å². The van der Waals surface area contributed by atoms with Crippen molar-refractivity contribution in [3.05, 3.63) is 52.6 Å². The van der Waals surface area contributed by atoms with Crippen LogP contribution in [0.25, 0.3) is 11.3 Å². The highest BCUT2D eigenvalue weighted by Gasteiger charge is 2.11. The van der Waals surface area contributed by atoms with Crippen LogP contribution in [0.15, 0.2) is 42.6 Å². The first-order valence-corrected chi connectivity index (χ1v) is 10.3. The van der Waals surface area contributed by atoms with Gasteiger partial charge in [0.25, 0.3) is 0 Å². The number of benzene rings is 1. The molecule has 9 heteroatoms. The van der Waals surface area contributed by atoms with Gasteiger partial charge >= 0.3 is 0 Å². The van der Waals surface area contributed by atoms with Gasteiger partial charge in [-0.15, -0.1) is 11.3 Å². The number of sulfonamides is 1. The molecule has 3 rings (SSSR count). The van der Waals surface area contributed by atoms with Gasteiger partial charge in [-0.05, 0) is 31.2 Å². The van der Waals surface area contributed by atoms with Gasteiger partial charge in [-0.25, -0.2) is 18.4 Å². The summed E-state index contributed by atoms with van der Waals surface area (Å²) in [5.41, 5.74) is 3.08. The Morgan fingerprint density at radius 1 is 1.08 bits per heavy atom. The Morgan fingerprint density at radius 3 is 2.36 bits per heavy atom. The number of hydrogen-bond acceptors (Lipinski definition) is 6. The summed E-state index contributed by atoms with van der Waals surface area (Å²) in [5, 5.41) is 4.38. The number of nitrogens with one attached hydrogen (secondary N) is 2. The Kier molecular flexibility index (Phi) is 4.94. The van der Waals surface area contributed by atoms with Crippen molar-refractivity contribution < 1.29 is 8.42 Å². The van der Waals surface area contributed by atoms with E-state index in [-0.39, 0.29) is 0 Å². The summed E-state index contributed by atoms with van der Waals surface area (Å²) in [5.74, 6) is 0. The molecule has 3 aromatic rings. The number of aromatic nitrogens is 2. The molecule has 0 unspecified atom stereocenters. The van der Waals surface area contributed by atoms with Crippen molar-refractivity contribution in [2.75, 3.05) is 16.3 Å². The smallest absolute Gasteiger partial charge is 0.229 e. The highest BCUT2D eigenvalue weighted by atomic mass is 35.5. The maximum Gasteiger partial charge on any atom is 0.229 e. The van der Waals surface area contributed by atoms with Crippen LogP contribution in [-0.2, 0) is 10.0 Å². The van der Waals surface area contributed by atoms with Gasteiger partial charge in [0, 0.05) is 16.1 Å². The number of hydrogen-bond donors (Lipinski definition) is 2. The summed E-state index contributed by atoms with van der Waals surface area (Å²) in [6.45, 7) is 1.99. The molecule has 0 fully saturated rings. The lowest BCUT2D eigenvalue weighted by Crippen LogP contribution is -2.09. The second kappa shape index (κ2) is 6.99. The molecule has 1 aromatic carbocycles. The van der Waals surface area contributed by atoms with E-state index in [1.165, 1.54) is 11.3 Å². The topological polar surface area (TPSA) is 84.0 Å². The summed E-state index contributed by atoms with van der Waals surface area (Å²) in [6, 6.07) is 10.6. The first kappa shape index (κ1) is 17.7. The minimum Gasteiger partial charge on any atom is -0.330 e. The van der Waals surface area contributed by atoms with Crippen LogP contribution < -0.4 is 10.0 Å². The van der Waals surface area contributed by atoms with Gasteiger partial charge < -0.3 is 5.32 Å². The molecule has 0 atom stereocenters. The molecule has 0 radical (unpaired) electrons. The normalized spacial score (nSPS) is 11.3. The van der Waals surface area contributed by atoms with Crippen LogP contribution >= 0.6 is 22.9 Å². The molecule has 0 spiro atoms. The van der Waals surface area contributed by atoms with Crippen LogP contribution in [0.4, 0.5) is 16.5 Å². The van der Waals surface area contributed by atoms with Gasteiger partial charge in [0.15, 0.2) is 5.13 Å². The molecule has 0 bridgehead atoms. The number of aryl methyl sites for hydroxylation is 1. The van der Waals surface area contributed by atoms with E-state index in [4.69, 9.17) is 11.6 Å². The van der Waals surface area contributed by atoms with Gasteiger partial charge in [0.2, 0.25) is 10.0 Å². The summed E-state index contributed by atoms with van der Waals surface area (Å²) < 4.78 is 25.0. The Hall–Kier alpha value is -2.16. The quantitative estimate of drug-likeness (QED) is 0.631. The number of pyridine rings is 1. The number of thiazole rings is 1. The third-order valence-corrected chi connectivity index (χ3v) is 4.95. The van der Waals surface area contributed by atoms with Gasteiger partial charge in [-0.3, -0.25) is 4.72 Å². The molecule has 0 saturated carbocycles. The van der Waals surface area contributed by atoms with Crippen molar-refractivity contribution >= 4 is 49.5 Å². The van der Waals surface area contributed by atoms with E-state index in [0.717, 1.165) is 33.2 Å². The molecule has 2 heterocycles. The zero-order valence-electron chi connectivity index (χ0n) is 13.4. The van der Waals surface area contributed by atoms with E-state index in [1.54, 1.807) is 24.4 Å². The molecule has 6 nitrogen and oxygen atoms in total. The van der Waals surface area contributed by atoms with E-state index in [0.29, 0.717) is 10.8 Å². The van der Waals surface area contributed by atoms with E-state index in [2.05, 4.69) is 20.0 Å². The van der Waals surface area contributed by atoms with Crippen molar-refractivity contribution in [3.63, 3.8) is 0 Å². The summed E-state index contributed by atoms with van der Waals surface area (Å²) in [6.07, 6.45) is 2.76. The van der Waals surface area contributed by atoms with Gasteiger partial charge in [-0.1, -0.05) is 23.7 Å². The van der Waals surface area contributed by atoms with E-state index in [9.17, 15) is 8.42 Å². The van der Waals surface area contributed by atoms with Crippen LogP contribution in [0.5, 0.6) is 0 Å². The lowest BCUT2D eigenvalue weighted by molar-refractivity contribution is 0.607. The zero-order chi connectivity index (χ0) is 18.0. The van der Waals surface area contributed by atoms with Crippen LogP contribution in [0.2, 0.25) is 5.15 Å². The number of rotatable bonds is 5. The summed E-state index contributed by atoms with van der Waals surface area (Å²) in [4.78, 5) is 9.68. The SMILES string of the molecule is Cc1sc(Nc2ccc(Cl)nc2)nc1-c1ccc(NS(C)(=O)=O)cc1. The molecule has 0 saturated heterocycles. The molecule has 0 aliphatic rings. The zero-order valence-corrected chi connectivity index (χ0v) is 15.8. The molecule has 0 amide bonds. The average molecular weight is 395 g/mol. The van der Waals surface area contributed by atoms with Crippen LogP contribution in [0, 0.1) is 6.92 Å². The fourth-order valence-electron chi connectivity index (χ4n) is 2.20. The fraction of sp³-hybridized carbons (Fsp3) is 0.125. The predicted octanol–water partition coefficient (Wildman–Crippen LogP) is 4.28. The standard InChI is InChI=1S/C16H15ClN4O2S2/c1-10-15(11-3-5-12(6-4-11)21-25(2,22)23)20-16(24-10)19-13-7-8-14(17)18-9-13/h3-9,21H,1-2H3,(H,19,20). The summed E-state index contributed by atoms with van der Waals surface area (Å²) in [7, 11) is -3.29. The monoisotopic (exact) mass is 394 g/mol. The Morgan fingerprint density at radius 2 is 1.76 bits per heavy atom. The van der Waals surface area contributed by atoms with E-state index < -0.39 is 10.0 Å². The Balaban J connectivity index is 1.81. The number of halogens is 1. The molecule has 2 N–H and O–H groups in total. The minimum atomic E-state index is -3.29. The van der Waals surface area contributed by atoms with E-state index >= 15 is 0 Å². The van der Waals surface area contributed by atoms with Crippen molar-refractivity contribution in [3.8, 4) is 11.3 Å². The Labute approximate surface area is 155 Å². The molecule has 0 aliphatic heterocycles. The van der Waals surface area contributed by atoms with Crippen LogP contribution in [0.1, 0.15) is 4.88 Å². The van der Waals surface area contributed by atoms with Crippen molar-refractivity contribution in [2.45, 2.75) is 6.92 Å². The molecule has 130 valence electrons. The fourth-order valence-corrected chi connectivity index (χ4v) is 3.73.